The van der Waals surface area contributed by atoms with Gasteiger partial charge in [-0.2, -0.15) is 0 Å². The van der Waals surface area contributed by atoms with Crippen LogP contribution in [-0.4, -0.2) is 29.3 Å². The van der Waals surface area contributed by atoms with E-state index in [1.165, 1.54) is 17.5 Å². The lowest BCUT2D eigenvalue weighted by atomic mass is 9.78. The van der Waals surface area contributed by atoms with Crippen LogP contribution in [0.5, 0.6) is 0 Å². The smallest absolute Gasteiger partial charge is 0.0357 e. The molecule has 3 heteroatoms. The molecule has 82 valence electrons. The van der Waals surface area contributed by atoms with E-state index in [9.17, 15) is 4.21 Å². The highest BCUT2D eigenvalue weighted by Gasteiger charge is 2.24. The topological polar surface area (TPSA) is 29.1 Å². The molecule has 0 fully saturated rings. The normalized spacial score (nSPS) is 20.5. The Morgan fingerprint density at radius 3 is 3.00 bits per heavy atom. The van der Waals surface area contributed by atoms with E-state index in [1.54, 1.807) is 6.26 Å². The SMILES string of the molecule is CS(=O)CCNCC1Cc2ccccc21. The summed E-state index contributed by atoms with van der Waals surface area (Å²) in [5.74, 6) is 1.43. The second-order valence-corrected chi connectivity index (χ2v) is 5.64. The molecular weight excluding hydrogens is 206 g/mol. The van der Waals surface area contributed by atoms with Crippen LogP contribution in [0.2, 0.25) is 0 Å². The molecule has 0 radical (unpaired) electrons. The summed E-state index contributed by atoms with van der Waals surface area (Å²) in [5, 5.41) is 3.37. The van der Waals surface area contributed by atoms with Gasteiger partial charge in [0.05, 0.1) is 0 Å². The van der Waals surface area contributed by atoms with Crippen molar-refractivity contribution in [3.05, 3.63) is 35.4 Å². The Bertz CT molecular complexity index is 364. The van der Waals surface area contributed by atoms with Crippen LogP contribution in [0.3, 0.4) is 0 Å². The van der Waals surface area contributed by atoms with Crippen molar-refractivity contribution in [2.45, 2.75) is 12.3 Å². The van der Waals surface area contributed by atoms with Gasteiger partial charge in [0.25, 0.3) is 0 Å². The van der Waals surface area contributed by atoms with E-state index in [4.69, 9.17) is 0 Å². The monoisotopic (exact) mass is 223 g/mol. The Morgan fingerprint density at radius 2 is 2.27 bits per heavy atom. The van der Waals surface area contributed by atoms with Gasteiger partial charge in [0.15, 0.2) is 0 Å². The van der Waals surface area contributed by atoms with Crippen LogP contribution in [0.25, 0.3) is 0 Å². The molecule has 0 aromatic heterocycles. The van der Waals surface area contributed by atoms with Crippen LogP contribution in [0, 0.1) is 0 Å². The Labute approximate surface area is 93.5 Å². The van der Waals surface area contributed by atoms with Gasteiger partial charge in [-0.15, -0.1) is 0 Å². The fourth-order valence-corrected chi connectivity index (χ4v) is 2.47. The second kappa shape index (κ2) is 4.90. The second-order valence-electron chi connectivity index (χ2n) is 4.08. The lowest BCUT2D eigenvalue weighted by Crippen LogP contribution is -2.31. The molecule has 0 bridgehead atoms. The van der Waals surface area contributed by atoms with Crippen molar-refractivity contribution in [2.24, 2.45) is 0 Å². The molecule has 2 nitrogen and oxygen atoms in total. The van der Waals surface area contributed by atoms with Gasteiger partial charge in [-0.1, -0.05) is 24.3 Å². The highest BCUT2D eigenvalue weighted by Crippen LogP contribution is 2.33. The number of benzene rings is 1. The molecule has 1 aromatic carbocycles. The lowest BCUT2D eigenvalue weighted by molar-refractivity contribution is 0.547. The molecule has 0 saturated carbocycles. The third kappa shape index (κ3) is 2.67. The molecule has 1 N–H and O–H groups in total. The zero-order chi connectivity index (χ0) is 10.7. The lowest BCUT2D eigenvalue weighted by Gasteiger charge is -2.30. The van der Waals surface area contributed by atoms with Gasteiger partial charge in [-0.05, 0) is 17.5 Å². The first-order chi connectivity index (χ1) is 7.27. The molecular formula is C12H17NOS. The molecule has 0 heterocycles. The van der Waals surface area contributed by atoms with Crippen molar-refractivity contribution in [3.63, 3.8) is 0 Å². The van der Waals surface area contributed by atoms with E-state index >= 15 is 0 Å². The molecule has 2 atom stereocenters. The van der Waals surface area contributed by atoms with E-state index in [0.717, 1.165) is 18.8 Å². The van der Waals surface area contributed by atoms with Crippen LogP contribution in [-0.2, 0) is 17.2 Å². The maximum absolute atomic E-state index is 10.8. The summed E-state index contributed by atoms with van der Waals surface area (Å²) in [4.78, 5) is 0. The first-order valence-electron chi connectivity index (χ1n) is 5.36. The van der Waals surface area contributed by atoms with Gasteiger partial charge in [0, 0.05) is 41.8 Å². The van der Waals surface area contributed by atoms with E-state index in [-0.39, 0.29) is 0 Å². The molecule has 1 aliphatic rings. The average Bonchev–Trinajstić information content (AvgIpc) is 2.18. The van der Waals surface area contributed by atoms with Crippen LogP contribution >= 0.6 is 0 Å². The Morgan fingerprint density at radius 1 is 1.47 bits per heavy atom. The molecule has 0 amide bonds. The Hall–Kier alpha value is -0.670. The van der Waals surface area contributed by atoms with Gasteiger partial charge < -0.3 is 5.32 Å². The molecule has 2 rings (SSSR count). The number of rotatable bonds is 5. The Kier molecular flexibility index (Phi) is 3.54. The summed E-state index contributed by atoms with van der Waals surface area (Å²) in [6.07, 6.45) is 2.94. The van der Waals surface area contributed by atoms with Gasteiger partial charge in [-0.25, -0.2) is 0 Å². The van der Waals surface area contributed by atoms with Gasteiger partial charge in [0.1, 0.15) is 0 Å². The third-order valence-electron chi connectivity index (χ3n) is 2.92. The van der Waals surface area contributed by atoms with Gasteiger partial charge in [0.2, 0.25) is 0 Å². The van der Waals surface area contributed by atoms with Crippen molar-refractivity contribution in [2.75, 3.05) is 25.1 Å². The summed E-state index contributed by atoms with van der Waals surface area (Å²) in [5.41, 5.74) is 2.98. The number of hydrogen-bond acceptors (Lipinski definition) is 2. The van der Waals surface area contributed by atoms with Crippen LogP contribution < -0.4 is 5.32 Å². The number of fused-ring (bicyclic) bond motifs is 1. The van der Waals surface area contributed by atoms with Crippen LogP contribution in [0.4, 0.5) is 0 Å². The first kappa shape index (κ1) is 10.8. The quantitative estimate of drug-likeness (QED) is 0.762. The minimum atomic E-state index is -0.672. The van der Waals surface area contributed by atoms with E-state index in [2.05, 4.69) is 29.6 Å². The van der Waals surface area contributed by atoms with Crippen LogP contribution in [0.1, 0.15) is 17.0 Å². The average molecular weight is 223 g/mol. The zero-order valence-corrected chi connectivity index (χ0v) is 9.85. The van der Waals surface area contributed by atoms with Gasteiger partial charge in [-0.3, -0.25) is 4.21 Å². The Balaban J connectivity index is 1.73. The predicted octanol–water partition coefficient (Wildman–Crippen LogP) is 1.29. The first-order valence-corrected chi connectivity index (χ1v) is 7.08. The van der Waals surface area contributed by atoms with Crippen molar-refractivity contribution < 1.29 is 4.21 Å². The molecule has 15 heavy (non-hydrogen) atoms. The van der Waals surface area contributed by atoms with E-state index in [1.807, 2.05) is 0 Å². The summed E-state index contributed by atoms with van der Waals surface area (Å²) in [7, 11) is -0.672. The van der Waals surface area contributed by atoms with E-state index < -0.39 is 10.8 Å². The van der Waals surface area contributed by atoms with Crippen molar-refractivity contribution in [1.29, 1.82) is 0 Å². The van der Waals surface area contributed by atoms with E-state index in [0.29, 0.717) is 5.92 Å². The molecule has 0 aliphatic heterocycles. The molecule has 0 saturated heterocycles. The summed E-state index contributed by atoms with van der Waals surface area (Å²) >= 11 is 0. The maximum Gasteiger partial charge on any atom is 0.0357 e. The van der Waals surface area contributed by atoms with Gasteiger partial charge >= 0.3 is 0 Å². The fraction of sp³-hybridized carbons (Fsp3) is 0.500. The van der Waals surface area contributed by atoms with Crippen LogP contribution in [0.15, 0.2) is 24.3 Å². The minimum Gasteiger partial charge on any atom is -0.315 e. The maximum atomic E-state index is 10.8. The molecule has 2 unspecified atom stereocenters. The fourth-order valence-electron chi connectivity index (χ4n) is 2.04. The standard InChI is InChI=1S/C12H17NOS/c1-15(14)7-6-13-9-11-8-10-4-2-3-5-12(10)11/h2-5,11,13H,6-9H2,1H3. The van der Waals surface area contributed by atoms with Crippen molar-refractivity contribution in [1.82, 2.24) is 5.32 Å². The summed E-state index contributed by atoms with van der Waals surface area (Å²) in [6, 6.07) is 8.62. The highest BCUT2D eigenvalue weighted by atomic mass is 32.2. The third-order valence-corrected chi connectivity index (χ3v) is 3.70. The minimum absolute atomic E-state index is 0.672. The molecule has 1 aliphatic carbocycles. The molecule has 0 spiro atoms. The zero-order valence-electron chi connectivity index (χ0n) is 9.03. The predicted molar refractivity (Wildman–Crippen MR) is 64.7 cm³/mol. The number of hydrogen-bond donors (Lipinski definition) is 1. The van der Waals surface area contributed by atoms with Crippen molar-refractivity contribution in [3.8, 4) is 0 Å². The summed E-state index contributed by atoms with van der Waals surface area (Å²) in [6.45, 7) is 1.88. The largest absolute Gasteiger partial charge is 0.315 e. The van der Waals surface area contributed by atoms with Crippen molar-refractivity contribution >= 4 is 10.8 Å². The highest BCUT2D eigenvalue weighted by molar-refractivity contribution is 7.84. The summed E-state index contributed by atoms with van der Waals surface area (Å²) < 4.78 is 10.8. The number of nitrogens with one attached hydrogen (secondary N) is 1. The molecule has 1 aromatic rings.